The summed E-state index contributed by atoms with van der Waals surface area (Å²) in [7, 11) is 0. The van der Waals surface area contributed by atoms with Crippen molar-refractivity contribution < 1.29 is 5.11 Å². The Morgan fingerprint density at radius 3 is 2.00 bits per heavy atom. The van der Waals surface area contributed by atoms with Crippen LogP contribution in [0.5, 0.6) is 0 Å². The van der Waals surface area contributed by atoms with E-state index in [2.05, 4.69) is 0 Å². The lowest BCUT2D eigenvalue weighted by atomic mass is 9.78. The fraction of sp³-hybridized carbons (Fsp3) is 1.00. The first-order chi connectivity index (χ1) is 5.88. The molecule has 1 N–H and O–H groups in total. The molecule has 3 atom stereocenters. The van der Waals surface area contributed by atoms with Crippen LogP contribution in [0.25, 0.3) is 0 Å². The van der Waals surface area contributed by atoms with Gasteiger partial charge in [-0.1, -0.05) is 12.8 Å². The van der Waals surface area contributed by atoms with Gasteiger partial charge in [0.05, 0.1) is 6.10 Å². The van der Waals surface area contributed by atoms with E-state index in [0.717, 1.165) is 17.8 Å². The summed E-state index contributed by atoms with van der Waals surface area (Å²) in [5.74, 6) is 3.32. The maximum Gasteiger partial charge on any atom is 0.0602 e. The van der Waals surface area contributed by atoms with E-state index >= 15 is 0 Å². The summed E-state index contributed by atoms with van der Waals surface area (Å²) in [5.41, 5.74) is 0. The van der Waals surface area contributed by atoms with Gasteiger partial charge in [-0.25, -0.2) is 0 Å². The van der Waals surface area contributed by atoms with Crippen molar-refractivity contribution in [2.45, 2.75) is 44.6 Å². The van der Waals surface area contributed by atoms with Gasteiger partial charge in [0.2, 0.25) is 0 Å². The highest BCUT2D eigenvalue weighted by molar-refractivity contribution is 5.06. The van der Waals surface area contributed by atoms with Gasteiger partial charge >= 0.3 is 0 Å². The molecule has 0 heterocycles. The van der Waals surface area contributed by atoms with Gasteiger partial charge in [0.1, 0.15) is 0 Å². The predicted octanol–water partition coefficient (Wildman–Crippen LogP) is 2.19. The summed E-state index contributed by atoms with van der Waals surface area (Å²) in [6.07, 6.45) is 8.33. The molecule has 0 aliphatic heterocycles. The SMILES string of the molecule is OC(C1CCC1)C1C2CCCC21. The molecule has 0 spiro atoms. The van der Waals surface area contributed by atoms with Crippen molar-refractivity contribution in [1.82, 2.24) is 0 Å². The van der Waals surface area contributed by atoms with Gasteiger partial charge in [-0.05, 0) is 49.4 Å². The van der Waals surface area contributed by atoms with Crippen LogP contribution in [0.1, 0.15) is 38.5 Å². The summed E-state index contributed by atoms with van der Waals surface area (Å²) in [4.78, 5) is 0. The molecule has 3 saturated carbocycles. The first-order valence-electron chi connectivity index (χ1n) is 5.56. The predicted molar refractivity (Wildman–Crippen MR) is 47.7 cm³/mol. The van der Waals surface area contributed by atoms with Crippen molar-refractivity contribution in [1.29, 1.82) is 0 Å². The van der Waals surface area contributed by atoms with Crippen molar-refractivity contribution >= 4 is 0 Å². The molecule has 68 valence electrons. The monoisotopic (exact) mass is 166 g/mol. The second kappa shape index (κ2) is 2.47. The van der Waals surface area contributed by atoms with E-state index in [4.69, 9.17) is 0 Å². The number of rotatable bonds is 2. The van der Waals surface area contributed by atoms with Crippen molar-refractivity contribution in [3.63, 3.8) is 0 Å². The van der Waals surface area contributed by atoms with Crippen LogP contribution in [0.3, 0.4) is 0 Å². The van der Waals surface area contributed by atoms with Crippen molar-refractivity contribution in [2.24, 2.45) is 23.7 Å². The highest BCUT2D eigenvalue weighted by atomic mass is 16.3. The minimum atomic E-state index is 0.0917. The van der Waals surface area contributed by atoms with E-state index in [1.165, 1.54) is 38.5 Å². The Bertz CT molecular complexity index is 173. The highest BCUT2D eigenvalue weighted by Gasteiger charge is 2.57. The standard InChI is InChI=1S/C11H18O/c12-11(7-3-1-4-7)10-8-5-2-6-9(8)10/h7-12H,1-6H2. The third kappa shape index (κ3) is 0.891. The van der Waals surface area contributed by atoms with Gasteiger partial charge in [-0.2, -0.15) is 0 Å². The van der Waals surface area contributed by atoms with Crippen molar-refractivity contribution in [3.05, 3.63) is 0 Å². The topological polar surface area (TPSA) is 20.2 Å². The second-order valence-electron chi connectivity index (χ2n) is 5.02. The molecule has 0 saturated heterocycles. The van der Waals surface area contributed by atoms with Crippen LogP contribution >= 0.6 is 0 Å². The van der Waals surface area contributed by atoms with Gasteiger partial charge in [0.25, 0.3) is 0 Å². The first kappa shape index (κ1) is 7.37. The lowest BCUT2D eigenvalue weighted by Crippen LogP contribution is -2.29. The molecule has 3 unspecified atom stereocenters. The lowest BCUT2D eigenvalue weighted by molar-refractivity contribution is 0.0348. The van der Waals surface area contributed by atoms with Crippen LogP contribution < -0.4 is 0 Å². The molecule has 1 nitrogen and oxygen atoms in total. The number of hydrogen-bond acceptors (Lipinski definition) is 1. The van der Waals surface area contributed by atoms with Crippen LogP contribution in [0, 0.1) is 23.7 Å². The molecule has 3 aliphatic rings. The molecule has 3 rings (SSSR count). The number of aliphatic hydroxyl groups is 1. The molecule has 3 fully saturated rings. The molecule has 12 heavy (non-hydrogen) atoms. The van der Waals surface area contributed by atoms with E-state index in [0.29, 0.717) is 5.92 Å². The Labute approximate surface area is 74.2 Å². The van der Waals surface area contributed by atoms with E-state index < -0.39 is 0 Å². The Kier molecular flexibility index (Phi) is 1.52. The molecule has 0 aromatic rings. The Hall–Kier alpha value is -0.0400. The zero-order chi connectivity index (χ0) is 8.13. The number of fused-ring (bicyclic) bond motifs is 1. The van der Waals surface area contributed by atoms with Crippen LogP contribution in [-0.4, -0.2) is 11.2 Å². The minimum absolute atomic E-state index is 0.0917. The van der Waals surface area contributed by atoms with E-state index in [-0.39, 0.29) is 6.10 Å². The zero-order valence-corrected chi connectivity index (χ0v) is 7.58. The largest absolute Gasteiger partial charge is 0.393 e. The van der Waals surface area contributed by atoms with Gasteiger partial charge in [-0.15, -0.1) is 0 Å². The van der Waals surface area contributed by atoms with E-state index in [1.807, 2.05) is 0 Å². The summed E-state index contributed by atoms with van der Waals surface area (Å²) < 4.78 is 0. The normalized spacial score (nSPS) is 48.2. The fourth-order valence-electron chi connectivity index (χ4n) is 3.48. The van der Waals surface area contributed by atoms with Crippen LogP contribution in [0.2, 0.25) is 0 Å². The zero-order valence-electron chi connectivity index (χ0n) is 7.58. The Morgan fingerprint density at radius 2 is 1.50 bits per heavy atom. The molecular weight excluding hydrogens is 148 g/mol. The summed E-state index contributed by atoms with van der Waals surface area (Å²) >= 11 is 0. The summed E-state index contributed by atoms with van der Waals surface area (Å²) in [6.45, 7) is 0. The molecule has 0 bridgehead atoms. The number of hydrogen-bond donors (Lipinski definition) is 1. The third-order valence-corrected chi connectivity index (χ3v) is 4.50. The summed E-state index contributed by atoms with van der Waals surface area (Å²) in [6, 6.07) is 0. The van der Waals surface area contributed by atoms with E-state index in [9.17, 15) is 5.11 Å². The first-order valence-corrected chi connectivity index (χ1v) is 5.56. The minimum Gasteiger partial charge on any atom is -0.393 e. The molecule has 0 aromatic carbocycles. The van der Waals surface area contributed by atoms with Gasteiger partial charge in [-0.3, -0.25) is 0 Å². The maximum absolute atomic E-state index is 10.0. The Balaban J connectivity index is 1.60. The van der Waals surface area contributed by atoms with Crippen molar-refractivity contribution in [3.8, 4) is 0 Å². The second-order valence-corrected chi connectivity index (χ2v) is 5.02. The van der Waals surface area contributed by atoms with Crippen LogP contribution in [0.4, 0.5) is 0 Å². The molecular formula is C11H18O. The number of aliphatic hydroxyl groups excluding tert-OH is 1. The van der Waals surface area contributed by atoms with Crippen LogP contribution in [-0.2, 0) is 0 Å². The summed E-state index contributed by atoms with van der Waals surface area (Å²) in [5, 5.41) is 10.0. The van der Waals surface area contributed by atoms with E-state index in [1.54, 1.807) is 0 Å². The quantitative estimate of drug-likeness (QED) is 0.666. The molecule has 1 heteroatoms. The highest BCUT2D eigenvalue weighted by Crippen LogP contribution is 2.60. The van der Waals surface area contributed by atoms with Crippen LogP contribution in [0.15, 0.2) is 0 Å². The molecule has 0 radical (unpaired) electrons. The third-order valence-electron chi connectivity index (χ3n) is 4.50. The van der Waals surface area contributed by atoms with Crippen molar-refractivity contribution in [2.75, 3.05) is 0 Å². The molecule has 3 aliphatic carbocycles. The Morgan fingerprint density at radius 1 is 0.917 bits per heavy atom. The van der Waals surface area contributed by atoms with Gasteiger partial charge in [0.15, 0.2) is 0 Å². The van der Waals surface area contributed by atoms with Gasteiger partial charge in [0, 0.05) is 0 Å². The maximum atomic E-state index is 10.0. The fourth-order valence-corrected chi connectivity index (χ4v) is 3.48. The lowest BCUT2D eigenvalue weighted by Gasteiger charge is -2.31. The molecule has 0 amide bonds. The average Bonchev–Trinajstić information content (AvgIpc) is 2.42. The smallest absolute Gasteiger partial charge is 0.0602 e. The molecule has 0 aromatic heterocycles. The van der Waals surface area contributed by atoms with Gasteiger partial charge < -0.3 is 5.11 Å². The average molecular weight is 166 g/mol.